The molecule has 0 saturated carbocycles. The molecule has 1 aromatic carbocycles. The predicted molar refractivity (Wildman–Crippen MR) is 75.6 cm³/mol. The summed E-state index contributed by atoms with van der Waals surface area (Å²) in [5.41, 5.74) is 1.66. The average molecular weight is 270 g/mol. The van der Waals surface area contributed by atoms with E-state index in [1.807, 2.05) is 31.1 Å². The van der Waals surface area contributed by atoms with Gasteiger partial charge in [0.05, 0.1) is 12.2 Å². The zero-order valence-electron chi connectivity index (χ0n) is 11.0. The molecule has 0 aliphatic heterocycles. The van der Waals surface area contributed by atoms with Crippen molar-refractivity contribution in [3.63, 3.8) is 0 Å². The van der Waals surface area contributed by atoms with Crippen LogP contribution in [0.1, 0.15) is 29.6 Å². The Bertz CT molecular complexity index is 363. The number of hydrogen-bond acceptors (Lipinski definition) is 3. The van der Waals surface area contributed by atoms with Crippen molar-refractivity contribution >= 4 is 23.3 Å². The second kappa shape index (κ2) is 7.98. The van der Waals surface area contributed by atoms with Crippen molar-refractivity contribution in [1.29, 1.82) is 0 Å². The lowest BCUT2D eigenvalue weighted by Crippen LogP contribution is -2.10. The Morgan fingerprint density at radius 2 is 1.83 bits per heavy atom. The number of halogens is 1. The highest BCUT2D eigenvalue weighted by Gasteiger charge is 2.06. The molecule has 0 heterocycles. The predicted octanol–water partition coefficient (Wildman–Crippen LogP) is 3.32. The first kappa shape index (κ1) is 14.8. The molecule has 0 aliphatic rings. The van der Waals surface area contributed by atoms with E-state index < -0.39 is 0 Å². The molecule has 0 aromatic heterocycles. The fraction of sp³-hybridized carbons (Fsp3) is 0.500. The molecule has 0 atom stereocenters. The van der Waals surface area contributed by atoms with Gasteiger partial charge in [0.25, 0.3) is 0 Å². The van der Waals surface area contributed by atoms with E-state index in [2.05, 4.69) is 0 Å². The largest absolute Gasteiger partial charge is 0.462 e. The normalized spacial score (nSPS) is 10.2. The lowest BCUT2D eigenvalue weighted by molar-refractivity contribution is 0.0498. The molecule has 1 rings (SSSR count). The number of anilines is 1. The molecule has 0 spiro atoms. The smallest absolute Gasteiger partial charge is 0.338 e. The molecule has 1 aromatic rings. The fourth-order valence-corrected chi connectivity index (χ4v) is 1.71. The Morgan fingerprint density at radius 1 is 1.17 bits per heavy atom. The van der Waals surface area contributed by atoms with Crippen LogP contribution >= 0.6 is 11.6 Å². The maximum atomic E-state index is 11.7. The number of rotatable bonds is 7. The maximum absolute atomic E-state index is 11.7. The van der Waals surface area contributed by atoms with Crippen LogP contribution < -0.4 is 4.90 Å². The molecule has 100 valence electrons. The van der Waals surface area contributed by atoms with Crippen molar-refractivity contribution in [1.82, 2.24) is 0 Å². The first-order chi connectivity index (χ1) is 8.65. The first-order valence-electron chi connectivity index (χ1n) is 6.15. The highest BCUT2D eigenvalue weighted by atomic mass is 35.5. The minimum absolute atomic E-state index is 0.258. The molecule has 0 radical (unpaired) electrons. The maximum Gasteiger partial charge on any atom is 0.338 e. The monoisotopic (exact) mass is 269 g/mol. The summed E-state index contributed by atoms with van der Waals surface area (Å²) in [7, 11) is 3.93. The van der Waals surface area contributed by atoms with Crippen LogP contribution in [0.3, 0.4) is 0 Å². The van der Waals surface area contributed by atoms with Gasteiger partial charge in [-0.25, -0.2) is 4.79 Å². The first-order valence-corrected chi connectivity index (χ1v) is 6.69. The number of esters is 1. The van der Waals surface area contributed by atoms with Crippen LogP contribution in [0.4, 0.5) is 5.69 Å². The Balaban J connectivity index is 2.37. The third-order valence-electron chi connectivity index (χ3n) is 2.63. The molecule has 0 amide bonds. The zero-order chi connectivity index (χ0) is 13.4. The van der Waals surface area contributed by atoms with Crippen molar-refractivity contribution in [2.75, 3.05) is 31.5 Å². The van der Waals surface area contributed by atoms with Gasteiger partial charge < -0.3 is 9.64 Å². The van der Waals surface area contributed by atoms with Gasteiger partial charge >= 0.3 is 5.97 Å². The van der Waals surface area contributed by atoms with Crippen LogP contribution in [0, 0.1) is 0 Å². The number of alkyl halides is 1. The van der Waals surface area contributed by atoms with Gasteiger partial charge in [-0.2, -0.15) is 0 Å². The minimum atomic E-state index is -0.258. The second-order valence-electron chi connectivity index (χ2n) is 4.33. The number of benzene rings is 1. The molecule has 0 N–H and O–H groups in total. The number of unbranched alkanes of at least 4 members (excludes halogenated alkanes) is 2. The summed E-state index contributed by atoms with van der Waals surface area (Å²) in [6.07, 6.45) is 2.83. The van der Waals surface area contributed by atoms with E-state index in [-0.39, 0.29) is 5.97 Å². The standard InChI is InChI=1S/C14H20ClNO2/c1-16(2)13-8-6-12(7-9-13)14(17)18-11-5-3-4-10-15/h6-9H,3-5,10-11H2,1-2H3. The minimum Gasteiger partial charge on any atom is -0.462 e. The second-order valence-corrected chi connectivity index (χ2v) is 4.70. The number of carbonyl (C=O) groups excluding carboxylic acids is 1. The molecule has 0 aliphatic carbocycles. The van der Waals surface area contributed by atoms with E-state index in [4.69, 9.17) is 16.3 Å². The van der Waals surface area contributed by atoms with Crippen molar-refractivity contribution in [2.24, 2.45) is 0 Å². The third kappa shape index (κ3) is 4.96. The molecule has 4 heteroatoms. The van der Waals surface area contributed by atoms with Crippen LogP contribution in [-0.2, 0) is 4.74 Å². The van der Waals surface area contributed by atoms with E-state index in [1.54, 1.807) is 12.1 Å². The van der Waals surface area contributed by atoms with Crippen molar-refractivity contribution in [3.8, 4) is 0 Å². The Hall–Kier alpha value is -1.22. The van der Waals surface area contributed by atoms with Gasteiger partial charge in [0.2, 0.25) is 0 Å². The summed E-state index contributed by atoms with van der Waals surface area (Å²) < 4.78 is 5.18. The highest BCUT2D eigenvalue weighted by Crippen LogP contribution is 2.13. The lowest BCUT2D eigenvalue weighted by atomic mass is 10.2. The van der Waals surface area contributed by atoms with Crippen LogP contribution in [0.15, 0.2) is 24.3 Å². The van der Waals surface area contributed by atoms with Gasteiger partial charge in [-0.15, -0.1) is 11.6 Å². The SMILES string of the molecule is CN(C)c1ccc(C(=O)OCCCCCCl)cc1. The van der Waals surface area contributed by atoms with Crippen molar-refractivity contribution in [2.45, 2.75) is 19.3 Å². The van der Waals surface area contributed by atoms with Crippen LogP contribution in [0.2, 0.25) is 0 Å². The van der Waals surface area contributed by atoms with E-state index in [0.29, 0.717) is 18.1 Å². The molecule has 0 bridgehead atoms. The Kier molecular flexibility index (Phi) is 6.58. The van der Waals surface area contributed by atoms with Gasteiger partial charge in [-0.1, -0.05) is 0 Å². The highest BCUT2D eigenvalue weighted by molar-refractivity contribution is 6.17. The number of carbonyl (C=O) groups is 1. The number of hydrogen-bond donors (Lipinski definition) is 0. The van der Waals surface area contributed by atoms with Crippen LogP contribution in [0.5, 0.6) is 0 Å². The van der Waals surface area contributed by atoms with E-state index in [1.165, 1.54) is 0 Å². The average Bonchev–Trinajstić information content (AvgIpc) is 2.38. The quantitative estimate of drug-likeness (QED) is 0.432. The van der Waals surface area contributed by atoms with Gasteiger partial charge in [-0.05, 0) is 43.5 Å². The van der Waals surface area contributed by atoms with Gasteiger partial charge in [-0.3, -0.25) is 0 Å². The Morgan fingerprint density at radius 3 is 2.39 bits per heavy atom. The number of ether oxygens (including phenoxy) is 1. The van der Waals surface area contributed by atoms with Crippen molar-refractivity contribution in [3.05, 3.63) is 29.8 Å². The van der Waals surface area contributed by atoms with Crippen LogP contribution in [-0.4, -0.2) is 32.6 Å². The summed E-state index contributed by atoms with van der Waals surface area (Å²) >= 11 is 5.57. The molecule has 0 saturated heterocycles. The lowest BCUT2D eigenvalue weighted by Gasteiger charge is -2.12. The van der Waals surface area contributed by atoms with E-state index >= 15 is 0 Å². The molecule has 3 nitrogen and oxygen atoms in total. The van der Waals surface area contributed by atoms with Gasteiger partial charge in [0.1, 0.15) is 0 Å². The fourth-order valence-electron chi connectivity index (χ4n) is 1.52. The Labute approximate surface area is 114 Å². The molecular formula is C14H20ClNO2. The van der Waals surface area contributed by atoms with Gasteiger partial charge in [0.15, 0.2) is 0 Å². The number of nitrogens with zero attached hydrogens (tertiary/aromatic N) is 1. The van der Waals surface area contributed by atoms with Crippen molar-refractivity contribution < 1.29 is 9.53 Å². The third-order valence-corrected chi connectivity index (χ3v) is 2.90. The van der Waals surface area contributed by atoms with E-state index in [9.17, 15) is 4.79 Å². The summed E-state index contributed by atoms with van der Waals surface area (Å²) in [6.45, 7) is 0.463. The summed E-state index contributed by atoms with van der Waals surface area (Å²) in [4.78, 5) is 13.7. The van der Waals surface area contributed by atoms with Crippen LogP contribution in [0.25, 0.3) is 0 Å². The molecular weight excluding hydrogens is 250 g/mol. The van der Waals surface area contributed by atoms with Gasteiger partial charge in [0, 0.05) is 25.7 Å². The summed E-state index contributed by atoms with van der Waals surface area (Å²) in [5, 5.41) is 0. The summed E-state index contributed by atoms with van der Waals surface area (Å²) in [6, 6.07) is 7.39. The molecule has 0 unspecified atom stereocenters. The topological polar surface area (TPSA) is 29.5 Å². The molecule has 18 heavy (non-hydrogen) atoms. The zero-order valence-corrected chi connectivity index (χ0v) is 11.7. The molecule has 0 fully saturated rings. The summed E-state index contributed by atoms with van der Waals surface area (Å²) in [5.74, 6) is 0.408. The van der Waals surface area contributed by atoms with E-state index in [0.717, 1.165) is 24.9 Å².